The molecule has 1 nitrogen and oxygen atoms in total. The average molecular weight is 596 g/mol. The van der Waals surface area contributed by atoms with Gasteiger partial charge in [0, 0.05) is 53.8 Å². The summed E-state index contributed by atoms with van der Waals surface area (Å²) in [4.78, 5) is 2.46. The molecule has 0 saturated heterocycles. The van der Waals surface area contributed by atoms with Gasteiger partial charge in [0.05, 0.1) is 5.69 Å². The molecule has 0 amide bonds. The Bertz CT molecular complexity index is 2330. The lowest BCUT2D eigenvalue weighted by Gasteiger charge is -2.29. The molecule has 2 aliphatic carbocycles. The molecule has 45 heavy (non-hydrogen) atoms. The van der Waals surface area contributed by atoms with Crippen LogP contribution in [0.4, 0.5) is 17.1 Å². The van der Waals surface area contributed by atoms with Crippen molar-refractivity contribution < 1.29 is 0 Å². The molecule has 1 unspecified atom stereocenters. The van der Waals surface area contributed by atoms with Gasteiger partial charge in [-0.05, 0) is 70.5 Å². The summed E-state index contributed by atoms with van der Waals surface area (Å²) >= 11 is 1.93. The summed E-state index contributed by atoms with van der Waals surface area (Å²) in [6.07, 6.45) is 9.94. The molecule has 0 saturated carbocycles. The van der Waals surface area contributed by atoms with Crippen molar-refractivity contribution >= 4 is 59.3 Å². The third-order valence-corrected chi connectivity index (χ3v) is 11.2. The first-order chi connectivity index (χ1) is 22.1. The molecule has 0 radical (unpaired) electrons. The van der Waals surface area contributed by atoms with Crippen LogP contribution >= 0.6 is 11.3 Å². The molecule has 0 N–H and O–H groups in total. The first-order valence-electron chi connectivity index (χ1n) is 15.9. The number of hydrogen-bond acceptors (Lipinski definition) is 2. The number of hydrogen-bond donors (Lipinski definition) is 0. The molecule has 0 bridgehead atoms. The molecule has 2 aliphatic rings. The van der Waals surface area contributed by atoms with Crippen molar-refractivity contribution in [2.45, 2.75) is 31.6 Å². The zero-order valence-electron chi connectivity index (χ0n) is 25.5. The van der Waals surface area contributed by atoms with Gasteiger partial charge in [-0.15, -0.1) is 11.3 Å². The third kappa shape index (κ3) is 4.06. The number of nitrogens with zero attached hydrogens (tertiary/aromatic N) is 1. The SMILES string of the molecule is CC1(C)c2cc(N(c3ccc(C4C=CC=CC4)cc3)c3cccc4ccccc34)ccc2-c2c1ccc1c2sc2ccccc21. The zero-order chi connectivity index (χ0) is 30.1. The van der Waals surface area contributed by atoms with E-state index in [9.17, 15) is 0 Å². The summed E-state index contributed by atoms with van der Waals surface area (Å²) in [5, 5.41) is 5.22. The van der Waals surface area contributed by atoms with Gasteiger partial charge in [0.1, 0.15) is 0 Å². The predicted octanol–water partition coefficient (Wildman–Crippen LogP) is 12.6. The van der Waals surface area contributed by atoms with Crippen LogP contribution in [0.3, 0.4) is 0 Å². The van der Waals surface area contributed by atoms with Crippen molar-refractivity contribution in [1.82, 2.24) is 0 Å². The van der Waals surface area contributed by atoms with E-state index in [0.717, 1.165) is 6.42 Å². The molecule has 7 aromatic rings. The van der Waals surface area contributed by atoms with Gasteiger partial charge in [-0.25, -0.2) is 0 Å². The summed E-state index contributed by atoms with van der Waals surface area (Å²) in [5.74, 6) is 0.431. The first-order valence-corrected chi connectivity index (χ1v) is 16.7. The highest BCUT2D eigenvalue weighted by Gasteiger charge is 2.37. The van der Waals surface area contributed by atoms with Crippen LogP contribution in [0.1, 0.15) is 42.9 Å². The van der Waals surface area contributed by atoms with Gasteiger partial charge in [-0.2, -0.15) is 0 Å². The quantitative estimate of drug-likeness (QED) is 0.196. The Kier molecular flexibility index (Phi) is 5.92. The highest BCUT2D eigenvalue weighted by molar-refractivity contribution is 7.26. The van der Waals surface area contributed by atoms with Crippen LogP contribution in [0, 0.1) is 0 Å². The van der Waals surface area contributed by atoms with Gasteiger partial charge >= 0.3 is 0 Å². The molecule has 0 spiro atoms. The van der Waals surface area contributed by atoms with Gasteiger partial charge in [0.2, 0.25) is 0 Å². The lowest BCUT2D eigenvalue weighted by Crippen LogP contribution is -2.16. The van der Waals surface area contributed by atoms with Gasteiger partial charge in [0.25, 0.3) is 0 Å². The van der Waals surface area contributed by atoms with E-state index in [1.165, 1.54) is 75.8 Å². The normalized spacial score (nSPS) is 16.4. The van der Waals surface area contributed by atoms with Gasteiger partial charge < -0.3 is 4.90 Å². The summed E-state index contributed by atoms with van der Waals surface area (Å²) < 4.78 is 2.76. The van der Waals surface area contributed by atoms with Gasteiger partial charge in [-0.3, -0.25) is 0 Å². The Hall–Kier alpha value is -4.92. The highest BCUT2D eigenvalue weighted by atomic mass is 32.1. The highest BCUT2D eigenvalue weighted by Crippen LogP contribution is 2.55. The molecule has 216 valence electrons. The first kappa shape index (κ1) is 26.5. The van der Waals surface area contributed by atoms with Crippen molar-refractivity contribution in [3.8, 4) is 11.1 Å². The van der Waals surface area contributed by atoms with Crippen LogP contribution in [0.2, 0.25) is 0 Å². The molecule has 1 atom stereocenters. The van der Waals surface area contributed by atoms with Crippen LogP contribution in [0.25, 0.3) is 42.1 Å². The van der Waals surface area contributed by atoms with E-state index in [4.69, 9.17) is 0 Å². The van der Waals surface area contributed by atoms with E-state index < -0.39 is 0 Å². The fourth-order valence-electron chi connectivity index (χ4n) is 7.66. The van der Waals surface area contributed by atoms with Crippen molar-refractivity contribution in [2.24, 2.45) is 0 Å². The molecule has 0 aliphatic heterocycles. The maximum absolute atomic E-state index is 2.46. The molecule has 2 heteroatoms. The predicted molar refractivity (Wildman–Crippen MR) is 195 cm³/mol. The summed E-state index contributed by atoms with van der Waals surface area (Å²) in [7, 11) is 0. The Morgan fingerprint density at radius 2 is 1.44 bits per heavy atom. The number of benzene rings is 6. The Balaban J connectivity index is 1.23. The second-order valence-electron chi connectivity index (χ2n) is 12.9. The maximum atomic E-state index is 2.46. The van der Waals surface area contributed by atoms with Crippen LogP contribution in [-0.4, -0.2) is 0 Å². The summed E-state index contributed by atoms with van der Waals surface area (Å²) in [6.45, 7) is 4.79. The Morgan fingerprint density at radius 3 is 2.29 bits per heavy atom. The molecule has 0 fully saturated rings. The molecule has 6 aromatic carbocycles. The number of rotatable bonds is 4. The largest absolute Gasteiger partial charge is 0.310 e. The van der Waals surface area contributed by atoms with Crippen molar-refractivity contribution in [3.05, 3.63) is 162 Å². The zero-order valence-corrected chi connectivity index (χ0v) is 26.3. The smallest absolute Gasteiger partial charge is 0.0540 e. The number of fused-ring (bicyclic) bond motifs is 8. The summed E-state index contributed by atoms with van der Waals surface area (Å²) in [5.41, 5.74) is 10.4. The molecular weight excluding hydrogens is 563 g/mol. The van der Waals surface area contributed by atoms with E-state index in [1.807, 2.05) is 11.3 Å². The fourth-order valence-corrected chi connectivity index (χ4v) is 8.92. The molecule has 1 aromatic heterocycles. The topological polar surface area (TPSA) is 3.24 Å². The Morgan fingerprint density at radius 1 is 0.667 bits per heavy atom. The summed E-state index contributed by atoms with van der Waals surface area (Å²) in [6, 6.07) is 45.3. The monoisotopic (exact) mass is 595 g/mol. The number of thiophene rings is 1. The van der Waals surface area contributed by atoms with E-state index in [2.05, 4.69) is 164 Å². The molecule has 1 heterocycles. The third-order valence-electron chi connectivity index (χ3n) is 9.99. The molecular formula is C43H33NS. The minimum Gasteiger partial charge on any atom is -0.310 e. The average Bonchev–Trinajstić information content (AvgIpc) is 3.58. The van der Waals surface area contributed by atoms with Gasteiger partial charge in [0.15, 0.2) is 0 Å². The van der Waals surface area contributed by atoms with Crippen LogP contribution in [0.5, 0.6) is 0 Å². The minimum atomic E-state index is -0.111. The lowest BCUT2D eigenvalue weighted by atomic mass is 9.82. The van der Waals surface area contributed by atoms with E-state index in [1.54, 1.807) is 0 Å². The van der Waals surface area contributed by atoms with E-state index in [-0.39, 0.29) is 5.41 Å². The van der Waals surface area contributed by atoms with Crippen molar-refractivity contribution in [1.29, 1.82) is 0 Å². The molecule has 9 rings (SSSR count). The van der Waals surface area contributed by atoms with Crippen molar-refractivity contribution in [2.75, 3.05) is 4.90 Å². The van der Waals surface area contributed by atoms with Crippen molar-refractivity contribution in [3.63, 3.8) is 0 Å². The second kappa shape index (κ2) is 10.1. The van der Waals surface area contributed by atoms with E-state index >= 15 is 0 Å². The Labute approximate surface area is 268 Å². The number of allylic oxidation sites excluding steroid dienone is 4. The maximum Gasteiger partial charge on any atom is 0.0540 e. The van der Waals surface area contributed by atoms with E-state index in [0.29, 0.717) is 5.92 Å². The second-order valence-corrected chi connectivity index (χ2v) is 14.0. The van der Waals surface area contributed by atoms with Crippen LogP contribution in [0.15, 0.2) is 146 Å². The van der Waals surface area contributed by atoms with Gasteiger partial charge in [-0.1, -0.05) is 123 Å². The lowest BCUT2D eigenvalue weighted by molar-refractivity contribution is 0.661. The minimum absolute atomic E-state index is 0.111. The number of anilines is 3. The van der Waals surface area contributed by atoms with Crippen LogP contribution in [-0.2, 0) is 5.41 Å². The fraction of sp³-hybridized carbons (Fsp3) is 0.116. The van der Waals surface area contributed by atoms with Crippen LogP contribution < -0.4 is 4.90 Å². The standard InChI is InChI=1S/C43H33NS/c1-43(2)37-26-25-35-34-16-8-9-18-40(34)45-42(35)41(37)36-24-23-32(27-38(36)43)44(39-17-10-14-30-13-6-7-15-33(30)39)31-21-19-29(20-22-31)28-11-4-3-5-12-28/h3-11,13-28H,12H2,1-2H3.